The van der Waals surface area contributed by atoms with Gasteiger partial charge >= 0.3 is 0 Å². The number of aliphatic hydroxyl groups is 4. The number of carbonyl (C=O) groups is 1. The number of nitrogens with one attached hydrogen (secondary N) is 1. The molecule has 5 N–H and O–H groups in total. The summed E-state index contributed by atoms with van der Waals surface area (Å²) < 4.78 is 10.6. The van der Waals surface area contributed by atoms with Gasteiger partial charge in [0.2, 0.25) is 0 Å². The molecular weight excluding hydrogens is 476 g/mol. The molecule has 0 bridgehead atoms. The monoisotopic (exact) mass is 510 g/mol. The molecule has 1 saturated heterocycles. The lowest BCUT2D eigenvalue weighted by Gasteiger charge is -2.38. The average molecular weight is 511 g/mol. The first kappa shape index (κ1) is 27.2. The van der Waals surface area contributed by atoms with E-state index < -0.39 is 30.7 Å². The maximum Gasteiger partial charge on any atom is 0.187 e. The van der Waals surface area contributed by atoms with Crippen molar-refractivity contribution in [1.82, 2.24) is 9.88 Å². The Kier molecular flexibility index (Phi) is 9.23. The van der Waals surface area contributed by atoms with Gasteiger partial charge in [-0.2, -0.15) is 0 Å². The lowest BCUT2D eigenvalue weighted by molar-refractivity contribution is -0.290. The Morgan fingerprint density at radius 2 is 1.81 bits per heavy atom. The highest BCUT2D eigenvalue weighted by Gasteiger charge is 2.42. The largest absolute Gasteiger partial charge is 0.395 e. The van der Waals surface area contributed by atoms with Crippen LogP contribution >= 0.6 is 0 Å². The highest BCUT2D eigenvalue weighted by Crippen LogP contribution is 2.22. The summed E-state index contributed by atoms with van der Waals surface area (Å²) in [5, 5.41) is 40.3. The van der Waals surface area contributed by atoms with Gasteiger partial charge < -0.3 is 34.9 Å². The number of H-pyrrole nitrogens is 1. The second kappa shape index (κ2) is 12.6. The van der Waals surface area contributed by atoms with E-state index in [0.717, 1.165) is 16.6 Å². The zero-order valence-electron chi connectivity index (χ0n) is 20.7. The maximum atomic E-state index is 12.2. The molecule has 0 spiro atoms. The van der Waals surface area contributed by atoms with Gasteiger partial charge in [0.25, 0.3) is 0 Å². The van der Waals surface area contributed by atoms with Crippen molar-refractivity contribution >= 4 is 22.8 Å². The molecule has 0 radical (unpaired) electrons. The normalized spacial score (nSPS) is 24.3. The van der Waals surface area contributed by atoms with Gasteiger partial charge in [-0.15, -0.1) is 0 Å². The molecule has 2 heterocycles. The number of hydrogen-bond acceptors (Lipinski definition) is 8. The van der Waals surface area contributed by atoms with Crippen LogP contribution in [0, 0.1) is 0 Å². The zero-order valence-corrected chi connectivity index (χ0v) is 20.7. The number of hydrogen-bond donors (Lipinski definition) is 5. The quantitative estimate of drug-likeness (QED) is 0.246. The molecule has 1 aliphatic heterocycles. The van der Waals surface area contributed by atoms with E-state index in [9.17, 15) is 25.2 Å². The number of para-hydroxylation sites is 1. The lowest BCUT2D eigenvalue weighted by atomic mass is 10.0. The van der Waals surface area contributed by atoms with E-state index in [0.29, 0.717) is 19.6 Å². The number of rotatable bonds is 11. The van der Waals surface area contributed by atoms with Crippen molar-refractivity contribution in [1.29, 1.82) is 0 Å². The number of ketones is 1. The van der Waals surface area contributed by atoms with Crippen molar-refractivity contribution in [3.8, 4) is 0 Å². The number of fused-ring (bicyclic) bond motifs is 1. The van der Waals surface area contributed by atoms with Crippen LogP contribution in [0.2, 0.25) is 0 Å². The topological polar surface area (TPSA) is 135 Å². The van der Waals surface area contributed by atoms with Gasteiger partial charge in [0.05, 0.1) is 12.7 Å². The minimum absolute atomic E-state index is 0.0642. The predicted octanol–water partition coefficient (Wildman–Crippen LogP) is 1.59. The minimum atomic E-state index is -1.45. The van der Waals surface area contributed by atoms with Crippen LogP contribution in [-0.2, 0) is 27.4 Å². The number of ether oxygens (including phenoxy) is 2. The average Bonchev–Trinajstić information content (AvgIpc) is 3.31. The SMILES string of the molecule is C[C@@H]1O[C@@H](OCC(=O)/C=C/c2ccc(CN(CCO)Cc3c[nH]c4ccccc34)cc2)[C@@H](O)[C@H](O)[C@@H]1O. The van der Waals surface area contributed by atoms with Crippen molar-refractivity contribution < 1.29 is 34.7 Å². The molecule has 3 aromatic rings. The fraction of sp³-hybridized carbons (Fsp3) is 0.393. The fourth-order valence-electron chi connectivity index (χ4n) is 4.40. The number of carbonyl (C=O) groups excluding carboxylic acids is 1. The molecule has 2 aromatic carbocycles. The molecule has 1 aromatic heterocycles. The second-order valence-corrected chi connectivity index (χ2v) is 9.33. The van der Waals surface area contributed by atoms with E-state index in [4.69, 9.17) is 9.47 Å². The third-order valence-electron chi connectivity index (χ3n) is 6.53. The smallest absolute Gasteiger partial charge is 0.187 e. The van der Waals surface area contributed by atoms with Crippen molar-refractivity contribution in [2.24, 2.45) is 0 Å². The molecule has 4 rings (SSSR count). The number of aromatic amines is 1. The Hall–Kier alpha value is -2.89. The minimum Gasteiger partial charge on any atom is -0.395 e. The van der Waals surface area contributed by atoms with Crippen LogP contribution in [0.25, 0.3) is 17.0 Å². The molecule has 37 heavy (non-hydrogen) atoms. The standard InChI is InChI=1S/C28H34N2O7/c1-18-25(33)26(34)27(35)28(37-18)36-17-22(32)11-10-19-6-8-20(9-7-19)15-30(12-13-31)16-21-14-29-24-5-3-2-4-23(21)24/h2-11,14,18,25-29,31,33-35H,12-13,15-17H2,1H3/b11-10+/t18-,25+,26+,27-,28+/m0/s1. The van der Waals surface area contributed by atoms with Crippen molar-refractivity contribution in [3.63, 3.8) is 0 Å². The molecule has 5 atom stereocenters. The Bertz CT molecular complexity index is 1190. The Morgan fingerprint density at radius 3 is 2.57 bits per heavy atom. The Labute approximate surface area is 215 Å². The lowest BCUT2D eigenvalue weighted by Crippen LogP contribution is -2.57. The van der Waals surface area contributed by atoms with E-state index in [1.165, 1.54) is 17.0 Å². The van der Waals surface area contributed by atoms with Gasteiger partial charge in [0.1, 0.15) is 24.9 Å². The summed E-state index contributed by atoms with van der Waals surface area (Å²) in [6.07, 6.45) is -0.945. The van der Waals surface area contributed by atoms with E-state index >= 15 is 0 Å². The van der Waals surface area contributed by atoms with E-state index in [2.05, 4.69) is 16.0 Å². The van der Waals surface area contributed by atoms with Crippen LogP contribution in [0.3, 0.4) is 0 Å². The fourth-order valence-corrected chi connectivity index (χ4v) is 4.40. The molecule has 9 heteroatoms. The van der Waals surface area contributed by atoms with Crippen molar-refractivity contribution in [3.05, 3.63) is 77.5 Å². The first-order valence-corrected chi connectivity index (χ1v) is 12.3. The van der Waals surface area contributed by atoms with Crippen LogP contribution in [-0.4, -0.2) is 86.6 Å². The Morgan fingerprint density at radius 1 is 1.05 bits per heavy atom. The summed E-state index contributed by atoms with van der Waals surface area (Å²) in [6, 6.07) is 15.9. The van der Waals surface area contributed by atoms with Gasteiger partial charge in [-0.25, -0.2) is 0 Å². The van der Waals surface area contributed by atoms with Crippen LogP contribution < -0.4 is 0 Å². The third-order valence-corrected chi connectivity index (χ3v) is 6.53. The zero-order chi connectivity index (χ0) is 26.4. The van der Waals surface area contributed by atoms with Crippen LogP contribution in [0.4, 0.5) is 0 Å². The van der Waals surface area contributed by atoms with Gasteiger partial charge in [-0.05, 0) is 35.8 Å². The molecular formula is C28H34N2O7. The predicted molar refractivity (Wildman–Crippen MR) is 138 cm³/mol. The Balaban J connectivity index is 1.29. The molecule has 0 unspecified atom stereocenters. The summed E-state index contributed by atoms with van der Waals surface area (Å²) in [4.78, 5) is 17.7. The number of aromatic nitrogens is 1. The summed E-state index contributed by atoms with van der Waals surface area (Å²) in [6.45, 7) is 3.19. The van der Waals surface area contributed by atoms with Crippen LogP contribution in [0.5, 0.6) is 0 Å². The van der Waals surface area contributed by atoms with Crippen molar-refractivity contribution in [2.75, 3.05) is 19.8 Å². The molecule has 9 nitrogen and oxygen atoms in total. The van der Waals surface area contributed by atoms with E-state index in [1.807, 2.05) is 48.7 Å². The summed E-state index contributed by atoms with van der Waals surface area (Å²) >= 11 is 0. The third kappa shape index (κ3) is 6.91. The first-order valence-electron chi connectivity index (χ1n) is 12.3. The van der Waals surface area contributed by atoms with Gasteiger partial charge in [0.15, 0.2) is 12.1 Å². The second-order valence-electron chi connectivity index (χ2n) is 9.33. The molecule has 1 aliphatic rings. The summed E-state index contributed by atoms with van der Waals surface area (Å²) in [5.74, 6) is -0.332. The van der Waals surface area contributed by atoms with Crippen LogP contribution in [0.15, 0.2) is 60.8 Å². The highest BCUT2D eigenvalue weighted by molar-refractivity contribution is 5.94. The molecule has 1 fully saturated rings. The number of benzene rings is 2. The summed E-state index contributed by atoms with van der Waals surface area (Å²) in [7, 11) is 0. The van der Waals surface area contributed by atoms with Gasteiger partial charge in [-0.3, -0.25) is 9.69 Å². The molecule has 198 valence electrons. The molecule has 0 amide bonds. The molecule has 0 saturated carbocycles. The molecule has 0 aliphatic carbocycles. The van der Waals surface area contributed by atoms with E-state index in [1.54, 1.807) is 13.0 Å². The number of aliphatic hydroxyl groups excluding tert-OH is 4. The summed E-state index contributed by atoms with van der Waals surface area (Å²) in [5.41, 5.74) is 4.18. The highest BCUT2D eigenvalue weighted by atomic mass is 16.7. The maximum absolute atomic E-state index is 12.2. The van der Waals surface area contributed by atoms with Crippen molar-refractivity contribution in [2.45, 2.75) is 50.7 Å². The van der Waals surface area contributed by atoms with Crippen LogP contribution in [0.1, 0.15) is 23.6 Å². The first-order chi connectivity index (χ1) is 17.9. The number of nitrogens with zero attached hydrogens (tertiary/aromatic N) is 1. The van der Waals surface area contributed by atoms with E-state index in [-0.39, 0.29) is 19.0 Å². The van der Waals surface area contributed by atoms with Gasteiger partial charge in [-0.1, -0.05) is 48.5 Å². The van der Waals surface area contributed by atoms with Gasteiger partial charge in [0, 0.05) is 36.7 Å².